The lowest BCUT2D eigenvalue weighted by Gasteiger charge is -2.38. The molecule has 0 unspecified atom stereocenters. The molecule has 0 aliphatic heterocycles. The van der Waals surface area contributed by atoms with Gasteiger partial charge in [0, 0.05) is 0 Å². The number of carbonyl (C=O) groups excluding carboxylic acids is 1. The quantitative estimate of drug-likeness (QED) is 0.897. The van der Waals surface area contributed by atoms with Crippen LogP contribution in [0.25, 0.3) is 0 Å². The lowest BCUT2D eigenvalue weighted by molar-refractivity contribution is -0.00292. The molecule has 100 valence electrons. The number of benzene rings is 1. The largest absolute Gasteiger partial charge is 0.388 e. The minimum absolute atomic E-state index is 0.221. The van der Waals surface area contributed by atoms with E-state index in [4.69, 9.17) is 23.2 Å². The Kier molecular flexibility index (Phi) is 4.31. The van der Waals surface area contributed by atoms with Gasteiger partial charge in [-0.15, -0.1) is 0 Å². The highest BCUT2D eigenvalue weighted by Crippen LogP contribution is 2.26. The first-order valence-electron chi connectivity index (χ1n) is 5.55. The first-order valence-corrected chi connectivity index (χ1v) is 6.31. The standard InChI is InChI=1S/C13H17Cl2NO2/c1-12(2,13(3,4)18)16-11(17)10-8(14)6-5-7-9(10)15/h5-7,18H,1-4H3,(H,16,17). The Labute approximate surface area is 117 Å². The Bertz CT molecular complexity index is 444. The number of halogens is 2. The van der Waals surface area contributed by atoms with Crippen LogP contribution in [0, 0.1) is 0 Å². The van der Waals surface area contributed by atoms with Crippen LogP contribution in [0.15, 0.2) is 18.2 Å². The third kappa shape index (κ3) is 3.16. The van der Waals surface area contributed by atoms with Crippen LogP contribution in [-0.4, -0.2) is 22.2 Å². The minimum atomic E-state index is -1.07. The molecule has 3 nitrogen and oxygen atoms in total. The van der Waals surface area contributed by atoms with Gasteiger partial charge in [0.05, 0.1) is 26.7 Å². The van der Waals surface area contributed by atoms with E-state index in [2.05, 4.69) is 5.32 Å². The summed E-state index contributed by atoms with van der Waals surface area (Å²) in [6.07, 6.45) is 0. The highest BCUT2D eigenvalue weighted by molar-refractivity contribution is 6.39. The molecule has 1 amide bonds. The Morgan fingerprint density at radius 2 is 1.61 bits per heavy atom. The summed E-state index contributed by atoms with van der Waals surface area (Å²) < 4.78 is 0. The summed E-state index contributed by atoms with van der Waals surface area (Å²) in [7, 11) is 0. The summed E-state index contributed by atoms with van der Waals surface area (Å²) in [5.74, 6) is -0.405. The molecule has 0 saturated heterocycles. The van der Waals surface area contributed by atoms with Gasteiger partial charge in [-0.05, 0) is 39.8 Å². The van der Waals surface area contributed by atoms with Gasteiger partial charge in [0.15, 0.2) is 0 Å². The average molecular weight is 290 g/mol. The summed E-state index contributed by atoms with van der Waals surface area (Å²) in [5, 5.41) is 13.3. The molecule has 0 aromatic heterocycles. The maximum Gasteiger partial charge on any atom is 0.254 e. The molecule has 1 aromatic carbocycles. The Morgan fingerprint density at radius 1 is 1.17 bits per heavy atom. The van der Waals surface area contributed by atoms with Gasteiger partial charge in [0.1, 0.15) is 0 Å². The van der Waals surface area contributed by atoms with Gasteiger partial charge >= 0.3 is 0 Å². The topological polar surface area (TPSA) is 49.3 Å². The van der Waals surface area contributed by atoms with Gasteiger partial charge in [-0.2, -0.15) is 0 Å². The number of hydrogen-bond donors (Lipinski definition) is 2. The highest BCUT2D eigenvalue weighted by Gasteiger charge is 2.37. The molecule has 0 aliphatic rings. The second-order valence-electron chi connectivity index (χ2n) is 5.23. The van der Waals surface area contributed by atoms with E-state index in [-0.39, 0.29) is 15.6 Å². The number of amides is 1. The molecular formula is C13H17Cl2NO2. The molecule has 18 heavy (non-hydrogen) atoms. The van der Waals surface area contributed by atoms with Crippen molar-refractivity contribution in [2.24, 2.45) is 0 Å². The second-order valence-corrected chi connectivity index (χ2v) is 6.05. The zero-order chi connectivity index (χ0) is 14.1. The van der Waals surface area contributed by atoms with Crippen LogP contribution in [0.2, 0.25) is 10.0 Å². The maximum atomic E-state index is 12.2. The van der Waals surface area contributed by atoms with Gasteiger partial charge in [0.2, 0.25) is 0 Å². The van der Waals surface area contributed by atoms with Crippen LogP contribution in [0.1, 0.15) is 38.1 Å². The fourth-order valence-electron chi connectivity index (χ4n) is 1.21. The fraction of sp³-hybridized carbons (Fsp3) is 0.462. The lowest BCUT2D eigenvalue weighted by Crippen LogP contribution is -2.57. The zero-order valence-corrected chi connectivity index (χ0v) is 12.4. The lowest BCUT2D eigenvalue weighted by atomic mass is 9.85. The van der Waals surface area contributed by atoms with Crippen LogP contribution < -0.4 is 5.32 Å². The van der Waals surface area contributed by atoms with Crippen molar-refractivity contribution in [2.75, 3.05) is 0 Å². The van der Waals surface area contributed by atoms with Crippen molar-refractivity contribution in [3.63, 3.8) is 0 Å². The van der Waals surface area contributed by atoms with E-state index in [9.17, 15) is 9.90 Å². The maximum absolute atomic E-state index is 12.2. The van der Waals surface area contributed by atoms with Crippen molar-refractivity contribution in [3.8, 4) is 0 Å². The van der Waals surface area contributed by atoms with Crippen LogP contribution >= 0.6 is 23.2 Å². The number of aliphatic hydroxyl groups is 1. The minimum Gasteiger partial charge on any atom is -0.388 e. The normalized spacial score (nSPS) is 12.4. The number of rotatable bonds is 3. The van der Waals surface area contributed by atoms with Crippen LogP contribution in [0.5, 0.6) is 0 Å². The highest BCUT2D eigenvalue weighted by atomic mass is 35.5. The molecule has 2 N–H and O–H groups in total. The molecular weight excluding hydrogens is 273 g/mol. The molecule has 0 fully saturated rings. The predicted molar refractivity (Wildman–Crippen MR) is 74.3 cm³/mol. The van der Waals surface area contributed by atoms with Crippen LogP contribution in [0.3, 0.4) is 0 Å². The Morgan fingerprint density at radius 3 is 2.00 bits per heavy atom. The monoisotopic (exact) mass is 289 g/mol. The molecule has 0 aliphatic carbocycles. The number of carbonyl (C=O) groups is 1. The first-order chi connectivity index (χ1) is 8.06. The van der Waals surface area contributed by atoms with E-state index < -0.39 is 17.0 Å². The molecule has 0 heterocycles. The van der Waals surface area contributed by atoms with E-state index in [0.717, 1.165) is 0 Å². The summed E-state index contributed by atoms with van der Waals surface area (Å²) in [6.45, 7) is 6.72. The molecule has 0 bridgehead atoms. The van der Waals surface area contributed by atoms with Crippen molar-refractivity contribution in [1.82, 2.24) is 5.32 Å². The van der Waals surface area contributed by atoms with E-state index >= 15 is 0 Å². The summed E-state index contributed by atoms with van der Waals surface area (Å²) >= 11 is 11.9. The SMILES string of the molecule is CC(C)(O)C(C)(C)NC(=O)c1c(Cl)cccc1Cl. The smallest absolute Gasteiger partial charge is 0.254 e. The third-order valence-electron chi connectivity index (χ3n) is 3.15. The van der Waals surface area contributed by atoms with E-state index in [1.54, 1.807) is 45.9 Å². The summed E-state index contributed by atoms with van der Waals surface area (Å²) in [4.78, 5) is 12.2. The van der Waals surface area contributed by atoms with E-state index in [0.29, 0.717) is 0 Å². The van der Waals surface area contributed by atoms with E-state index in [1.807, 2.05) is 0 Å². The van der Waals surface area contributed by atoms with Gasteiger partial charge in [0.25, 0.3) is 5.91 Å². The van der Waals surface area contributed by atoms with E-state index in [1.165, 1.54) is 0 Å². The molecule has 5 heteroatoms. The summed E-state index contributed by atoms with van der Waals surface area (Å²) in [5.41, 5.74) is -1.67. The molecule has 0 atom stereocenters. The molecule has 1 rings (SSSR count). The second kappa shape index (κ2) is 5.08. The number of hydrogen-bond acceptors (Lipinski definition) is 2. The van der Waals surface area contributed by atoms with Crippen molar-refractivity contribution in [2.45, 2.75) is 38.8 Å². The van der Waals surface area contributed by atoms with Crippen molar-refractivity contribution in [3.05, 3.63) is 33.8 Å². The molecule has 0 spiro atoms. The zero-order valence-electron chi connectivity index (χ0n) is 10.8. The molecule has 1 aromatic rings. The number of nitrogens with one attached hydrogen (secondary N) is 1. The predicted octanol–water partition coefficient (Wildman–Crippen LogP) is 3.27. The third-order valence-corrected chi connectivity index (χ3v) is 3.78. The van der Waals surface area contributed by atoms with Gasteiger partial charge in [-0.25, -0.2) is 0 Å². The van der Waals surface area contributed by atoms with Crippen molar-refractivity contribution >= 4 is 29.1 Å². The van der Waals surface area contributed by atoms with Gasteiger partial charge in [-0.3, -0.25) is 4.79 Å². The van der Waals surface area contributed by atoms with Gasteiger partial charge in [-0.1, -0.05) is 29.3 Å². The fourth-order valence-corrected chi connectivity index (χ4v) is 1.78. The molecule has 0 saturated carbocycles. The average Bonchev–Trinajstić information content (AvgIpc) is 2.14. The van der Waals surface area contributed by atoms with Crippen molar-refractivity contribution < 1.29 is 9.90 Å². The Balaban J connectivity index is 3.04. The van der Waals surface area contributed by atoms with Crippen LogP contribution in [-0.2, 0) is 0 Å². The van der Waals surface area contributed by atoms with Gasteiger partial charge < -0.3 is 10.4 Å². The Hall–Kier alpha value is -0.770. The van der Waals surface area contributed by atoms with Crippen molar-refractivity contribution in [1.29, 1.82) is 0 Å². The van der Waals surface area contributed by atoms with Crippen LogP contribution in [0.4, 0.5) is 0 Å². The summed E-state index contributed by atoms with van der Waals surface area (Å²) in [6, 6.07) is 4.86. The molecule has 0 radical (unpaired) electrons. The first kappa shape index (κ1) is 15.3.